The molecule has 37 heavy (non-hydrogen) atoms. The van der Waals surface area contributed by atoms with Gasteiger partial charge in [-0.3, -0.25) is 4.79 Å². The summed E-state index contributed by atoms with van der Waals surface area (Å²) in [6.07, 6.45) is -7.83. The molecule has 0 unspecified atom stereocenters. The maximum atomic E-state index is 14.3. The number of aromatic nitrogens is 4. The van der Waals surface area contributed by atoms with Crippen LogP contribution in [0.5, 0.6) is 0 Å². The van der Waals surface area contributed by atoms with Gasteiger partial charge in [0.05, 0.1) is 16.7 Å². The van der Waals surface area contributed by atoms with Gasteiger partial charge in [0.15, 0.2) is 11.6 Å². The van der Waals surface area contributed by atoms with E-state index in [2.05, 4.69) is 15.1 Å². The molecule has 2 aromatic heterocycles. The van der Waals surface area contributed by atoms with E-state index in [4.69, 9.17) is 5.73 Å². The Labute approximate surface area is 203 Å². The minimum absolute atomic E-state index is 0.405. The largest absolute Gasteiger partial charge is 0.417 e. The van der Waals surface area contributed by atoms with Gasteiger partial charge < -0.3 is 5.73 Å². The Balaban J connectivity index is 2.04. The molecule has 0 aliphatic heterocycles. The molecule has 2 N–H and O–H groups in total. The fourth-order valence-corrected chi connectivity index (χ4v) is 3.54. The number of pyridine rings is 1. The van der Waals surface area contributed by atoms with Crippen molar-refractivity contribution in [2.45, 2.75) is 12.4 Å². The van der Waals surface area contributed by atoms with Gasteiger partial charge in [-0.2, -0.15) is 30.7 Å². The Morgan fingerprint density at radius 2 is 1.41 bits per heavy atom. The number of hydrogen-bond acceptors (Lipinski definition) is 4. The molecule has 190 valence electrons. The zero-order valence-electron chi connectivity index (χ0n) is 18.3. The first-order valence-corrected chi connectivity index (χ1v) is 10.3. The van der Waals surface area contributed by atoms with Crippen molar-refractivity contribution in [1.82, 2.24) is 19.7 Å². The molecule has 0 fully saturated rings. The van der Waals surface area contributed by atoms with Gasteiger partial charge in [0.25, 0.3) is 5.91 Å². The second kappa shape index (κ2) is 9.48. The molecule has 0 radical (unpaired) electrons. The van der Waals surface area contributed by atoms with Crippen LogP contribution < -0.4 is 5.73 Å². The van der Waals surface area contributed by atoms with Crippen LogP contribution in [0.4, 0.5) is 30.7 Å². The van der Waals surface area contributed by atoms with Crippen molar-refractivity contribution < 1.29 is 35.5 Å². The summed E-state index contributed by atoms with van der Waals surface area (Å²) < 4.78 is 97.2. The Hall–Kier alpha value is -4.55. The van der Waals surface area contributed by atoms with Crippen LogP contribution >= 0.6 is 0 Å². The Morgan fingerprint density at radius 1 is 0.838 bits per heavy atom. The molecule has 0 aliphatic carbocycles. The van der Waals surface area contributed by atoms with E-state index in [-0.39, 0.29) is 0 Å². The highest BCUT2D eigenvalue weighted by Gasteiger charge is 2.37. The zero-order valence-corrected chi connectivity index (χ0v) is 18.3. The van der Waals surface area contributed by atoms with Crippen LogP contribution in [-0.4, -0.2) is 25.7 Å². The monoisotopic (exact) mass is 521 g/mol. The van der Waals surface area contributed by atoms with E-state index in [1.807, 2.05) is 0 Å². The van der Waals surface area contributed by atoms with Crippen molar-refractivity contribution in [1.29, 1.82) is 0 Å². The van der Waals surface area contributed by atoms with Crippen LogP contribution in [0, 0.1) is 5.95 Å². The molecule has 0 atom stereocenters. The molecule has 4 aromatic rings. The predicted octanol–water partition coefficient (Wildman–Crippen LogP) is 5.67. The van der Waals surface area contributed by atoms with E-state index < -0.39 is 69.2 Å². The summed E-state index contributed by atoms with van der Waals surface area (Å²) in [5.41, 5.74) is 1.04. The smallest absolute Gasteiger partial charge is 0.366 e. The number of carbonyl (C=O) groups is 1. The van der Waals surface area contributed by atoms with Gasteiger partial charge >= 0.3 is 12.4 Å². The first-order valence-electron chi connectivity index (χ1n) is 10.3. The third-order valence-corrected chi connectivity index (χ3v) is 5.14. The van der Waals surface area contributed by atoms with Crippen LogP contribution in [-0.2, 0) is 17.1 Å². The van der Waals surface area contributed by atoms with Crippen molar-refractivity contribution in [2.24, 2.45) is 5.73 Å². The van der Waals surface area contributed by atoms with Crippen molar-refractivity contribution >= 4 is 17.7 Å². The molecule has 2 heterocycles. The quantitative estimate of drug-likeness (QED) is 0.208. The molecule has 4 rings (SSSR count). The molecular weight excluding hydrogens is 507 g/mol. The second-order valence-electron chi connectivity index (χ2n) is 7.54. The van der Waals surface area contributed by atoms with Crippen LogP contribution in [0.2, 0.25) is 0 Å². The molecule has 0 saturated heterocycles. The van der Waals surface area contributed by atoms with Gasteiger partial charge in [-0.15, -0.1) is 5.10 Å². The molecule has 0 bridgehead atoms. The zero-order chi connectivity index (χ0) is 27.0. The number of amides is 1. The predicted molar refractivity (Wildman–Crippen MR) is 118 cm³/mol. The lowest BCUT2D eigenvalue weighted by atomic mass is 10.1. The highest BCUT2D eigenvalue weighted by atomic mass is 19.4. The molecule has 2 aromatic carbocycles. The van der Waals surface area contributed by atoms with Crippen LogP contribution in [0.25, 0.3) is 34.5 Å². The molecule has 13 heteroatoms. The average molecular weight is 521 g/mol. The lowest BCUT2D eigenvalue weighted by molar-refractivity contribution is -0.137. The van der Waals surface area contributed by atoms with E-state index in [0.717, 1.165) is 54.9 Å². The van der Waals surface area contributed by atoms with E-state index in [0.29, 0.717) is 4.68 Å². The van der Waals surface area contributed by atoms with Gasteiger partial charge in [0, 0.05) is 29.1 Å². The fraction of sp³-hybridized carbons (Fsp3) is 0.0833. The van der Waals surface area contributed by atoms with Gasteiger partial charge in [0.1, 0.15) is 0 Å². The summed E-state index contributed by atoms with van der Waals surface area (Å²) in [5, 5.41) is 3.94. The molecule has 0 saturated carbocycles. The molecular formula is C24H14F7N5O. The summed E-state index contributed by atoms with van der Waals surface area (Å²) >= 11 is 0. The number of primary amides is 1. The highest BCUT2D eigenvalue weighted by Crippen LogP contribution is 2.39. The summed E-state index contributed by atoms with van der Waals surface area (Å²) in [6.45, 7) is 0. The molecule has 1 amide bonds. The number of hydrogen-bond donors (Lipinski definition) is 1. The number of nitrogens with zero attached hydrogens (tertiary/aromatic N) is 4. The Morgan fingerprint density at radius 3 is 1.97 bits per heavy atom. The Bertz CT molecular complexity index is 1510. The third kappa shape index (κ3) is 5.20. The Kier molecular flexibility index (Phi) is 6.55. The minimum Gasteiger partial charge on any atom is -0.366 e. The normalized spacial score (nSPS) is 12.6. The topological polar surface area (TPSA) is 86.7 Å². The van der Waals surface area contributed by atoms with Gasteiger partial charge in [-0.25, -0.2) is 14.6 Å². The standard InChI is InChI=1S/C24H14F7N5O/c25-19-13(8-5-11-33-19)16(20(32)37)12-36-22(15-7-2-4-10-18(15)24(29,30)31)34-21(35-36)14-6-1-3-9-17(14)23(26,27)28/h1-12H,(H2,32,37). The highest BCUT2D eigenvalue weighted by molar-refractivity contribution is 6.22. The first kappa shape index (κ1) is 25.5. The van der Waals surface area contributed by atoms with Gasteiger partial charge in [0.2, 0.25) is 5.95 Å². The van der Waals surface area contributed by atoms with Gasteiger partial charge in [-0.05, 0) is 24.3 Å². The number of nitrogens with two attached hydrogens (primary N) is 1. The number of carbonyl (C=O) groups excluding carboxylic acids is 1. The molecule has 6 nitrogen and oxygen atoms in total. The number of alkyl halides is 6. The van der Waals surface area contributed by atoms with E-state index >= 15 is 0 Å². The summed E-state index contributed by atoms with van der Waals surface area (Å²) in [6, 6.07) is 10.8. The maximum Gasteiger partial charge on any atom is 0.417 e. The second-order valence-corrected chi connectivity index (χ2v) is 7.54. The third-order valence-electron chi connectivity index (χ3n) is 5.14. The summed E-state index contributed by atoms with van der Waals surface area (Å²) in [5.74, 6) is -3.48. The van der Waals surface area contributed by atoms with Gasteiger partial charge in [-0.1, -0.05) is 36.4 Å². The number of benzene rings is 2. The average Bonchev–Trinajstić information content (AvgIpc) is 3.25. The number of halogens is 7. The van der Waals surface area contributed by atoms with Crippen LogP contribution in [0.3, 0.4) is 0 Å². The van der Waals surface area contributed by atoms with Crippen molar-refractivity contribution in [3.8, 4) is 22.8 Å². The van der Waals surface area contributed by atoms with Crippen molar-refractivity contribution in [3.63, 3.8) is 0 Å². The number of rotatable bonds is 5. The fourth-order valence-electron chi connectivity index (χ4n) is 3.54. The SMILES string of the molecule is NC(=O)C(=Cn1nc(-c2ccccc2C(F)(F)F)nc1-c1ccccc1C(F)(F)F)c1cccnc1F. The minimum atomic E-state index is -4.87. The first-order chi connectivity index (χ1) is 17.4. The summed E-state index contributed by atoms with van der Waals surface area (Å²) in [4.78, 5) is 19.5. The van der Waals surface area contributed by atoms with Crippen LogP contribution in [0.15, 0.2) is 66.9 Å². The summed E-state index contributed by atoms with van der Waals surface area (Å²) in [7, 11) is 0. The maximum absolute atomic E-state index is 14.3. The van der Waals surface area contributed by atoms with Crippen molar-refractivity contribution in [2.75, 3.05) is 0 Å². The molecule has 0 spiro atoms. The van der Waals surface area contributed by atoms with E-state index in [1.54, 1.807) is 0 Å². The molecule has 0 aliphatic rings. The van der Waals surface area contributed by atoms with E-state index in [1.165, 1.54) is 18.2 Å². The lowest BCUT2D eigenvalue weighted by Gasteiger charge is -2.12. The van der Waals surface area contributed by atoms with Crippen molar-refractivity contribution in [3.05, 3.63) is 89.5 Å². The lowest BCUT2D eigenvalue weighted by Crippen LogP contribution is -2.15. The van der Waals surface area contributed by atoms with E-state index in [9.17, 15) is 35.5 Å². The van der Waals surface area contributed by atoms with Crippen LogP contribution in [0.1, 0.15) is 16.7 Å².